The third-order valence-electron chi connectivity index (χ3n) is 2.45. The van der Waals surface area contributed by atoms with E-state index in [1.807, 2.05) is 6.92 Å². The quantitative estimate of drug-likeness (QED) is 0.449. The summed E-state index contributed by atoms with van der Waals surface area (Å²) < 4.78 is 0. The Bertz CT molecular complexity index is 670. The molecule has 0 spiro atoms. The molecule has 104 valence electrons. The number of carbonyl (C=O) groups is 1. The van der Waals surface area contributed by atoms with Crippen LogP contribution in [0.25, 0.3) is 0 Å². The molecule has 1 aromatic carbocycles. The van der Waals surface area contributed by atoms with Crippen LogP contribution in [0.1, 0.15) is 15.2 Å². The van der Waals surface area contributed by atoms with Gasteiger partial charge in [0.05, 0.1) is 4.92 Å². The van der Waals surface area contributed by atoms with Crippen LogP contribution < -0.4 is 16.6 Å². The van der Waals surface area contributed by atoms with Gasteiger partial charge in [0.15, 0.2) is 5.13 Å². The zero-order chi connectivity index (χ0) is 14.7. The van der Waals surface area contributed by atoms with Crippen LogP contribution in [-0.2, 0) is 0 Å². The minimum atomic E-state index is -0.623. The van der Waals surface area contributed by atoms with Crippen LogP contribution in [0.4, 0.5) is 16.5 Å². The highest BCUT2D eigenvalue weighted by molar-refractivity contribution is 7.15. The maximum atomic E-state index is 12.1. The summed E-state index contributed by atoms with van der Waals surface area (Å²) in [4.78, 5) is 27.3. The van der Waals surface area contributed by atoms with Gasteiger partial charge in [-0.1, -0.05) is 0 Å². The standard InChI is InChI=1S/C11H11N5O3S/c1-6-5-13-11(20-6)14-10(17)8-4-7(15-12)2-3-9(8)16(18)19/h2-5,15H,12H2,1H3,(H,13,14,17). The predicted octanol–water partition coefficient (Wildman–Crippen LogP) is 1.90. The number of thiazole rings is 1. The molecule has 2 rings (SSSR count). The van der Waals surface area contributed by atoms with Crippen molar-refractivity contribution in [2.45, 2.75) is 6.92 Å². The van der Waals surface area contributed by atoms with E-state index in [1.165, 1.54) is 29.5 Å². The second-order valence-electron chi connectivity index (χ2n) is 3.86. The van der Waals surface area contributed by atoms with Crippen LogP contribution in [0, 0.1) is 17.0 Å². The number of nitrogens with one attached hydrogen (secondary N) is 2. The summed E-state index contributed by atoms with van der Waals surface area (Å²) in [5, 5.41) is 13.8. The number of benzene rings is 1. The van der Waals surface area contributed by atoms with E-state index in [9.17, 15) is 14.9 Å². The van der Waals surface area contributed by atoms with Gasteiger partial charge in [-0.15, -0.1) is 11.3 Å². The summed E-state index contributed by atoms with van der Waals surface area (Å²) in [5.74, 6) is 4.63. The lowest BCUT2D eigenvalue weighted by Gasteiger charge is -2.05. The van der Waals surface area contributed by atoms with E-state index in [2.05, 4.69) is 15.7 Å². The van der Waals surface area contributed by atoms with Crippen molar-refractivity contribution < 1.29 is 9.72 Å². The van der Waals surface area contributed by atoms with Gasteiger partial charge >= 0.3 is 0 Å². The van der Waals surface area contributed by atoms with Gasteiger partial charge in [0, 0.05) is 22.8 Å². The molecule has 0 fully saturated rings. The second-order valence-corrected chi connectivity index (χ2v) is 5.10. The maximum Gasteiger partial charge on any atom is 0.282 e. The Hall–Kier alpha value is -2.52. The van der Waals surface area contributed by atoms with E-state index in [-0.39, 0.29) is 11.3 Å². The van der Waals surface area contributed by atoms with Crippen molar-refractivity contribution in [1.82, 2.24) is 4.98 Å². The molecule has 1 heterocycles. The van der Waals surface area contributed by atoms with Crippen LogP contribution >= 0.6 is 11.3 Å². The molecule has 9 heteroatoms. The van der Waals surface area contributed by atoms with Crippen molar-refractivity contribution in [2.75, 3.05) is 10.7 Å². The summed E-state index contributed by atoms with van der Waals surface area (Å²) in [6.07, 6.45) is 1.60. The molecular formula is C11H11N5O3S. The number of aryl methyl sites for hydroxylation is 1. The first-order valence-corrected chi connectivity index (χ1v) is 6.31. The summed E-state index contributed by atoms with van der Waals surface area (Å²) in [5.41, 5.74) is 2.36. The van der Waals surface area contributed by atoms with Gasteiger partial charge in [0.2, 0.25) is 0 Å². The molecule has 1 aromatic heterocycles. The van der Waals surface area contributed by atoms with Gasteiger partial charge in [-0.05, 0) is 19.1 Å². The molecule has 1 amide bonds. The third kappa shape index (κ3) is 2.90. The number of nitrogens with two attached hydrogens (primary N) is 1. The van der Waals surface area contributed by atoms with Crippen LogP contribution in [0.15, 0.2) is 24.4 Å². The van der Waals surface area contributed by atoms with Crippen LogP contribution in [0.3, 0.4) is 0 Å². The Morgan fingerprint density at radius 2 is 2.25 bits per heavy atom. The number of aromatic nitrogens is 1. The van der Waals surface area contributed by atoms with Crippen molar-refractivity contribution in [3.63, 3.8) is 0 Å². The monoisotopic (exact) mass is 293 g/mol. The van der Waals surface area contributed by atoms with Crippen LogP contribution in [0.2, 0.25) is 0 Å². The number of nitro benzene ring substituents is 1. The fourth-order valence-corrected chi connectivity index (χ4v) is 2.20. The first-order chi connectivity index (χ1) is 9.51. The Morgan fingerprint density at radius 3 is 2.80 bits per heavy atom. The fourth-order valence-electron chi connectivity index (χ4n) is 1.54. The van der Waals surface area contributed by atoms with E-state index < -0.39 is 10.8 Å². The highest BCUT2D eigenvalue weighted by Crippen LogP contribution is 2.24. The molecule has 2 aromatic rings. The molecular weight excluding hydrogens is 282 g/mol. The van der Waals surface area contributed by atoms with Crippen molar-refractivity contribution in [1.29, 1.82) is 0 Å². The Balaban J connectivity index is 2.34. The summed E-state index contributed by atoms with van der Waals surface area (Å²) in [6.45, 7) is 1.84. The van der Waals surface area contributed by atoms with Gasteiger partial charge in [-0.25, -0.2) is 4.98 Å². The zero-order valence-corrected chi connectivity index (χ0v) is 11.2. The van der Waals surface area contributed by atoms with Crippen molar-refractivity contribution in [3.8, 4) is 0 Å². The number of carbonyl (C=O) groups excluding carboxylic acids is 1. The molecule has 0 saturated carbocycles. The van der Waals surface area contributed by atoms with E-state index in [0.717, 1.165) is 4.88 Å². The third-order valence-corrected chi connectivity index (χ3v) is 3.27. The molecule has 0 saturated heterocycles. The first-order valence-electron chi connectivity index (χ1n) is 5.50. The van der Waals surface area contributed by atoms with E-state index >= 15 is 0 Å². The van der Waals surface area contributed by atoms with Crippen molar-refractivity contribution >= 4 is 33.8 Å². The second kappa shape index (κ2) is 5.63. The van der Waals surface area contributed by atoms with Gasteiger partial charge in [-0.2, -0.15) is 0 Å². The summed E-state index contributed by atoms with van der Waals surface area (Å²) in [7, 11) is 0. The average molecular weight is 293 g/mol. The smallest absolute Gasteiger partial charge is 0.282 e. The predicted molar refractivity (Wildman–Crippen MR) is 75.7 cm³/mol. The molecule has 0 aliphatic heterocycles. The number of nitrogen functional groups attached to an aromatic ring is 1. The first kappa shape index (κ1) is 13.9. The maximum absolute atomic E-state index is 12.1. The highest BCUT2D eigenvalue weighted by Gasteiger charge is 2.21. The number of nitrogens with zero attached hydrogens (tertiary/aromatic N) is 2. The molecule has 0 radical (unpaired) electrons. The topological polar surface area (TPSA) is 123 Å². The molecule has 0 aliphatic carbocycles. The number of anilines is 2. The number of nitro groups is 1. The lowest BCUT2D eigenvalue weighted by molar-refractivity contribution is -0.385. The molecule has 0 aliphatic rings. The molecule has 8 nitrogen and oxygen atoms in total. The normalized spacial score (nSPS) is 10.1. The minimum absolute atomic E-state index is 0.0849. The minimum Gasteiger partial charge on any atom is -0.324 e. The number of amides is 1. The van der Waals surface area contributed by atoms with Gasteiger partial charge in [0.25, 0.3) is 11.6 Å². The molecule has 4 N–H and O–H groups in total. The van der Waals surface area contributed by atoms with Gasteiger partial charge in [-0.3, -0.25) is 26.1 Å². The molecule has 20 heavy (non-hydrogen) atoms. The number of rotatable bonds is 4. The lowest BCUT2D eigenvalue weighted by Crippen LogP contribution is -2.15. The van der Waals surface area contributed by atoms with E-state index in [1.54, 1.807) is 6.20 Å². The lowest BCUT2D eigenvalue weighted by atomic mass is 10.1. The SMILES string of the molecule is Cc1cnc(NC(=O)c2cc(NN)ccc2[N+](=O)[O-])s1. The Kier molecular flexibility index (Phi) is 3.91. The van der Waals surface area contributed by atoms with E-state index in [4.69, 9.17) is 5.84 Å². The zero-order valence-electron chi connectivity index (χ0n) is 10.4. The molecule has 0 bridgehead atoms. The highest BCUT2D eigenvalue weighted by atomic mass is 32.1. The summed E-state index contributed by atoms with van der Waals surface area (Å²) in [6, 6.07) is 3.95. The van der Waals surface area contributed by atoms with Crippen LogP contribution in [-0.4, -0.2) is 15.8 Å². The van der Waals surface area contributed by atoms with E-state index in [0.29, 0.717) is 10.8 Å². The number of hydrogen-bond donors (Lipinski definition) is 3. The fraction of sp³-hybridized carbons (Fsp3) is 0.0909. The van der Waals surface area contributed by atoms with Crippen molar-refractivity contribution in [2.24, 2.45) is 5.84 Å². The molecule has 0 unspecified atom stereocenters. The van der Waals surface area contributed by atoms with Crippen LogP contribution in [0.5, 0.6) is 0 Å². The van der Waals surface area contributed by atoms with Gasteiger partial charge < -0.3 is 5.43 Å². The number of hydrogen-bond acceptors (Lipinski definition) is 7. The Morgan fingerprint density at radius 1 is 1.50 bits per heavy atom. The summed E-state index contributed by atoms with van der Waals surface area (Å²) >= 11 is 1.28. The number of hydrazine groups is 1. The van der Waals surface area contributed by atoms with Gasteiger partial charge in [0.1, 0.15) is 5.56 Å². The Labute approximate surface area is 117 Å². The largest absolute Gasteiger partial charge is 0.324 e. The molecule has 0 atom stereocenters. The average Bonchev–Trinajstić information content (AvgIpc) is 2.83. The van der Waals surface area contributed by atoms with Crippen molar-refractivity contribution in [3.05, 3.63) is 45.0 Å².